The van der Waals surface area contributed by atoms with Crippen LogP contribution >= 0.6 is 0 Å². The molecule has 1 heterocycles. The van der Waals surface area contributed by atoms with Crippen molar-refractivity contribution in [2.75, 3.05) is 13.2 Å². The minimum atomic E-state index is -0.737. The maximum atomic E-state index is 11.6. The van der Waals surface area contributed by atoms with Gasteiger partial charge in [-0.15, -0.1) is 0 Å². The summed E-state index contributed by atoms with van der Waals surface area (Å²) in [7, 11) is 0. The van der Waals surface area contributed by atoms with Gasteiger partial charge in [0, 0.05) is 6.42 Å². The zero-order valence-corrected chi connectivity index (χ0v) is 8.43. The lowest BCUT2D eigenvalue weighted by molar-refractivity contribution is -0.136. The van der Waals surface area contributed by atoms with Crippen molar-refractivity contribution < 1.29 is 14.6 Å². The van der Waals surface area contributed by atoms with Crippen molar-refractivity contribution in [3.05, 3.63) is 35.9 Å². The first-order chi connectivity index (χ1) is 7.29. The summed E-state index contributed by atoms with van der Waals surface area (Å²) in [5.41, 5.74) is 0.779. The van der Waals surface area contributed by atoms with Crippen molar-refractivity contribution in [1.82, 2.24) is 0 Å². The molecule has 1 aromatic carbocycles. The Morgan fingerprint density at radius 2 is 2.07 bits per heavy atom. The van der Waals surface area contributed by atoms with Gasteiger partial charge in [0.15, 0.2) is 0 Å². The third-order valence-electron chi connectivity index (χ3n) is 2.73. The lowest BCUT2D eigenvalue weighted by Gasteiger charge is -2.25. The molecule has 1 fully saturated rings. The van der Waals surface area contributed by atoms with Crippen molar-refractivity contribution in [2.45, 2.75) is 12.5 Å². The van der Waals surface area contributed by atoms with Gasteiger partial charge in [0.25, 0.3) is 0 Å². The van der Waals surface area contributed by atoms with Crippen LogP contribution in [0.3, 0.4) is 0 Å². The first kappa shape index (κ1) is 10.3. The Labute approximate surface area is 88.7 Å². The minimum Gasteiger partial charge on any atom is -0.388 e. The number of carbonyl (C=O) groups is 1. The molecule has 1 aliphatic rings. The molecule has 0 aromatic heterocycles. The Kier molecular flexibility index (Phi) is 3.14. The Hall–Kier alpha value is -1.19. The predicted molar refractivity (Wildman–Crippen MR) is 55.3 cm³/mol. The van der Waals surface area contributed by atoms with Crippen molar-refractivity contribution in [2.24, 2.45) is 5.92 Å². The second kappa shape index (κ2) is 4.55. The van der Waals surface area contributed by atoms with Gasteiger partial charge in [-0.1, -0.05) is 30.3 Å². The van der Waals surface area contributed by atoms with Crippen LogP contribution in [0.4, 0.5) is 0 Å². The molecule has 1 N–H and O–H groups in total. The first-order valence-corrected chi connectivity index (χ1v) is 5.12. The van der Waals surface area contributed by atoms with Crippen LogP contribution in [-0.4, -0.2) is 24.1 Å². The van der Waals surface area contributed by atoms with Gasteiger partial charge in [-0.2, -0.15) is 0 Å². The quantitative estimate of drug-likeness (QED) is 0.794. The van der Waals surface area contributed by atoms with E-state index in [4.69, 9.17) is 4.74 Å². The fourth-order valence-electron chi connectivity index (χ4n) is 1.81. The molecule has 0 bridgehead atoms. The average molecular weight is 206 g/mol. The van der Waals surface area contributed by atoms with Crippen LogP contribution in [0.15, 0.2) is 30.3 Å². The summed E-state index contributed by atoms with van der Waals surface area (Å²) in [5.74, 6) is -0.307. The normalized spacial score (nSPS) is 23.8. The fraction of sp³-hybridized carbons (Fsp3) is 0.417. The van der Waals surface area contributed by atoms with Gasteiger partial charge >= 0.3 is 0 Å². The Bertz CT molecular complexity index is 334. The molecule has 1 saturated heterocycles. The molecule has 0 radical (unpaired) electrons. The molecular weight excluding hydrogens is 192 g/mol. The molecule has 3 heteroatoms. The molecule has 15 heavy (non-hydrogen) atoms. The van der Waals surface area contributed by atoms with Crippen LogP contribution in [0.1, 0.15) is 18.1 Å². The highest BCUT2D eigenvalue weighted by Crippen LogP contribution is 2.26. The van der Waals surface area contributed by atoms with E-state index < -0.39 is 12.0 Å². The van der Waals surface area contributed by atoms with Gasteiger partial charge in [0.05, 0.1) is 25.2 Å². The summed E-state index contributed by atoms with van der Waals surface area (Å²) in [6.45, 7) is 0.811. The lowest BCUT2D eigenvalue weighted by atomic mass is 9.90. The van der Waals surface area contributed by atoms with Crippen molar-refractivity contribution in [3.63, 3.8) is 0 Å². The second-order valence-corrected chi connectivity index (χ2v) is 3.75. The Morgan fingerprint density at radius 1 is 1.33 bits per heavy atom. The molecule has 0 spiro atoms. The molecule has 2 rings (SSSR count). The van der Waals surface area contributed by atoms with E-state index in [1.54, 1.807) is 0 Å². The van der Waals surface area contributed by atoms with Gasteiger partial charge in [-0.05, 0) is 5.56 Å². The highest BCUT2D eigenvalue weighted by atomic mass is 16.5. The van der Waals surface area contributed by atoms with Gasteiger partial charge in [-0.3, -0.25) is 4.79 Å². The number of carbonyl (C=O) groups excluding carboxylic acids is 1. The van der Waals surface area contributed by atoms with Crippen molar-refractivity contribution in [1.29, 1.82) is 0 Å². The van der Waals surface area contributed by atoms with E-state index in [0.717, 1.165) is 5.56 Å². The topological polar surface area (TPSA) is 46.5 Å². The molecule has 0 unspecified atom stereocenters. The fourth-order valence-corrected chi connectivity index (χ4v) is 1.81. The van der Waals surface area contributed by atoms with Crippen LogP contribution < -0.4 is 0 Å². The molecule has 0 saturated carbocycles. The number of Topliss-reactive ketones (excluding diaryl/α,β-unsaturated/α-hetero) is 1. The number of ether oxygens (including phenoxy) is 1. The summed E-state index contributed by atoms with van der Waals surface area (Å²) in [6, 6.07) is 9.24. The number of aliphatic hydroxyl groups excluding tert-OH is 1. The van der Waals surface area contributed by atoms with E-state index in [1.165, 1.54) is 0 Å². The van der Waals surface area contributed by atoms with Crippen molar-refractivity contribution in [3.8, 4) is 0 Å². The summed E-state index contributed by atoms with van der Waals surface area (Å²) in [5, 5.41) is 10.0. The van der Waals surface area contributed by atoms with E-state index in [1.807, 2.05) is 30.3 Å². The van der Waals surface area contributed by atoms with Crippen LogP contribution in [0, 0.1) is 5.92 Å². The lowest BCUT2D eigenvalue weighted by Crippen LogP contribution is -2.32. The van der Waals surface area contributed by atoms with Crippen LogP contribution in [0.2, 0.25) is 0 Å². The molecular formula is C12H14O3. The Balaban J connectivity index is 2.13. The predicted octanol–water partition coefficient (Wildman–Crippen LogP) is 1.33. The highest BCUT2D eigenvalue weighted by molar-refractivity contribution is 5.82. The van der Waals surface area contributed by atoms with E-state index in [0.29, 0.717) is 19.6 Å². The van der Waals surface area contributed by atoms with Gasteiger partial charge < -0.3 is 9.84 Å². The van der Waals surface area contributed by atoms with Gasteiger partial charge in [0.2, 0.25) is 0 Å². The number of benzene rings is 1. The summed E-state index contributed by atoms with van der Waals surface area (Å²) < 4.78 is 5.21. The standard InChI is InChI=1S/C12H14O3/c13-11-6-7-15-8-10(11)12(14)9-4-2-1-3-5-9/h1-5,10,12,14H,6-8H2/t10-,12-/m1/s1. The number of hydrogen-bond acceptors (Lipinski definition) is 3. The van der Waals surface area contributed by atoms with Crippen LogP contribution in [0.5, 0.6) is 0 Å². The summed E-state index contributed by atoms with van der Waals surface area (Å²) >= 11 is 0. The maximum Gasteiger partial charge on any atom is 0.143 e. The first-order valence-electron chi connectivity index (χ1n) is 5.12. The average Bonchev–Trinajstić information content (AvgIpc) is 2.30. The third-order valence-corrected chi connectivity index (χ3v) is 2.73. The molecule has 1 aliphatic heterocycles. The van der Waals surface area contributed by atoms with Gasteiger partial charge in [0.1, 0.15) is 5.78 Å². The SMILES string of the molecule is O=C1CCOC[C@H]1[C@H](O)c1ccccc1. The zero-order chi connectivity index (χ0) is 10.7. The Morgan fingerprint density at radius 3 is 2.73 bits per heavy atom. The molecule has 2 atom stereocenters. The number of ketones is 1. The number of rotatable bonds is 2. The largest absolute Gasteiger partial charge is 0.388 e. The number of hydrogen-bond donors (Lipinski definition) is 1. The summed E-state index contributed by atoms with van der Waals surface area (Å²) in [6.07, 6.45) is -0.326. The smallest absolute Gasteiger partial charge is 0.143 e. The van der Waals surface area contributed by atoms with Crippen LogP contribution in [0.25, 0.3) is 0 Å². The van der Waals surface area contributed by atoms with Crippen LogP contribution in [-0.2, 0) is 9.53 Å². The highest BCUT2D eigenvalue weighted by Gasteiger charge is 2.30. The third kappa shape index (κ3) is 2.25. The summed E-state index contributed by atoms with van der Waals surface area (Å²) in [4.78, 5) is 11.6. The van der Waals surface area contributed by atoms with E-state index in [2.05, 4.69) is 0 Å². The van der Waals surface area contributed by atoms with Gasteiger partial charge in [-0.25, -0.2) is 0 Å². The molecule has 80 valence electrons. The molecule has 1 aromatic rings. The van der Waals surface area contributed by atoms with E-state index in [9.17, 15) is 9.90 Å². The molecule has 0 amide bonds. The second-order valence-electron chi connectivity index (χ2n) is 3.75. The molecule has 0 aliphatic carbocycles. The minimum absolute atomic E-state index is 0.0950. The monoisotopic (exact) mass is 206 g/mol. The molecule has 3 nitrogen and oxygen atoms in total. The van der Waals surface area contributed by atoms with E-state index >= 15 is 0 Å². The zero-order valence-electron chi connectivity index (χ0n) is 8.43. The van der Waals surface area contributed by atoms with E-state index in [-0.39, 0.29) is 5.78 Å². The van der Waals surface area contributed by atoms with Crippen molar-refractivity contribution >= 4 is 5.78 Å². The number of aliphatic hydroxyl groups is 1. The maximum absolute atomic E-state index is 11.6.